The number of aliphatic hydroxyl groups excluding tert-OH is 5. The van der Waals surface area contributed by atoms with Gasteiger partial charge in [0.25, 0.3) is 0 Å². The van der Waals surface area contributed by atoms with Crippen LogP contribution in [-0.4, -0.2) is 81.7 Å². The van der Waals surface area contributed by atoms with E-state index in [1.807, 2.05) is 0 Å². The van der Waals surface area contributed by atoms with Gasteiger partial charge >= 0.3 is 5.97 Å². The van der Waals surface area contributed by atoms with Crippen LogP contribution in [0.4, 0.5) is 0 Å². The minimum Gasteiger partial charge on any atom is -0.462 e. The molecule has 0 aromatic carbocycles. The molecule has 0 aliphatic rings. The molecule has 21 heavy (non-hydrogen) atoms. The minimum absolute atomic E-state index is 0.389. The Balaban J connectivity index is 4.10. The van der Waals surface area contributed by atoms with Gasteiger partial charge in [0.1, 0.15) is 37.1 Å². The molecule has 0 amide bonds. The zero-order valence-corrected chi connectivity index (χ0v) is 11.8. The van der Waals surface area contributed by atoms with Gasteiger partial charge in [0.15, 0.2) is 0 Å². The van der Waals surface area contributed by atoms with Gasteiger partial charge in [-0.25, -0.2) is 0 Å². The SMILES string of the molecule is NCCCC[C@H](N)C(=O)OCC(O)C(O)C(O)C(O)CO. The molecule has 0 aliphatic heterocycles. The lowest BCUT2D eigenvalue weighted by molar-refractivity contribution is -0.157. The fourth-order valence-corrected chi connectivity index (χ4v) is 1.56. The first-order valence-corrected chi connectivity index (χ1v) is 6.80. The summed E-state index contributed by atoms with van der Waals surface area (Å²) in [6.45, 7) is -0.867. The molecule has 4 unspecified atom stereocenters. The fraction of sp³-hybridized carbons (Fsp3) is 0.917. The molecule has 9 heteroatoms. The first-order valence-electron chi connectivity index (χ1n) is 6.80. The van der Waals surface area contributed by atoms with E-state index >= 15 is 0 Å². The molecule has 0 heterocycles. The number of hydrogen-bond donors (Lipinski definition) is 7. The van der Waals surface area contributed by atoms with Gasteiger partial charge in [-0.15, -0.1) is 0 Å². The van der Waals surface area contributed by atoms with Crippen LogP contribution in [0.5, 0.6) is 0 Å². The molecule has 0 saturated carbocycles. The van der Waals surface area contributed by atoms with Crippen LogP contribution in [0.2, 0.25) is 0 Å². The van der Waals surface area contributed by atoms with Crippen molar-refractivity contribution in [1.29, 1.82) is 0 Å². The number of esters is 1. The highest BCUT2D eigenvalue weighted by Crippen LogP contribution is 2.07. The van der Waals surface area contributed by atoms with Crippen molar-refractivity contribution in [3.63, 3.8) is 0 Å². The van der Waals surface area contributed by atoms with Crippen LogP contribution in [0.25, 0.3) is 0 Å². The van der Waals surface area contributed by atoms with Crippen LogP contribution < -0.4 is 11.5 Å². The second-order valence-corrected chi connectivity index (χ2v) is 4.82. The van der Waals surface area contributed by atoms with E-state index in [2.05, 4.69) is 0 Å². The van der Waals surface area contributed by atoms with Gasteiger partial charge in [-0.05, 0) is 19.4 Å². The third kappa shape index (κ3) is 7.67. The van der Waals surface area contributed by atoms with Crippen LogP contribution in [0.3, 0.4) is 0 Å². The first-order chi connectivity index (χ1) is 9.84. The number of rotatable bonds is 11. The molecule has 126 valence electrons. The lowest BCUT2D eigenvalue weighted by Crippen LogP contribution is -2.48. The van der Waals surface area contributed by atoms with Gasteiger partial charge in [-0.1, -0.05) is 6.42 Å². The lowest BCUT2D eigenvalue weighted by atomic mass is 10.0. The Hall–Kier alpha value is -0.810. The van der Waals surface area contributed by atoms with Gasteiger partial charge < -0.3 is 41.7 Å². The molecule has 5 atom stereocenters. The Morgan fingerprint density at radius 2 is 1.62 bits per heavy atom. The van der Waals surface area contributed by atoms with Crippen LogP contribution in [0, 0.1) is 0 Å². The van der Waals surface area contributed by atoms with Gasteiger partial charge in [0.05, 0.1) is 6.61 Å². The van der Waals surface area contributed by atoms with Crippen molar-refractivity contribution in [3.05, 3.63) is 0 Å². The highest BCUT2D eigenvalue weighted by Gasteiger charge is 2.31. The molecule has 0 fully saturated rings. The number of carbonyl (C=O) groups is 1. The van der Waals surface area contributed by atoms with E-state index in [0.29, 0.717) is 19.4 Å². The summed E-state index contributed by atoms with van der Waals surface area (Å²) < 4.78 is 4.72. The van der Waals surface area contributed by atoms with Crippen molar-refractivity contribution in [2.24, 2.45) is 11.5 Å². The predicted octanol–water partition coefficient (Wildman–Crippen LogP) is -3.58. The van der Waals surface area contributed by atoms with E-state index in [1.54, 1.807) is 0 Å². The predicted molar refractivity (Wildman–Crippen MR) is 73.0 cm³/mol. The second-order valence-electron chi connectivity index (χ2n) is 4.82. The number of aliphatic hydroxyl groups is 5. The summed E-state index contributed by atoms with van der Waals surface area (Å²) >= 11 is 0. The second kappa shape index (κ2) is 10.9. The number of nitrogens with two attached hydrogens (primary N) is 2. The highest BCUT2D eigenvalue weighted by molar-refractivity contribution is 5.75. The third-order valence-electron chi connectivity index (χ3n) is 2.99. The summed E-state index contributed by atoms with van der Waals surface area (Å²) in [5, 5.41) is 46.2. The van der Waals surface area contributed by atoms with E-state index in [4.69, 9.17) is 26.4 Å². The molecule has 0 bridgehead atoms. The summed E-state index contributed by atoms with van der Waals surface area (Å²) in [5.41, 5.74) is 10.9. The molecule has 0 rings (SSSR count). The molecule has 0 aromatic heterocycles. The summed E-state index contributed by atoms with van der Waals surface area (Å²) in [6.07, 6.45) is -4.96. The van der Waals surface area contributed by atoms with Crippen molar-refractivity contribution in [2.75, 3.05) is 19.8 Å². The maximum Gasteiger partial charge on any atom is 0.323 e. The topological polar surface area (TPSA) is 179 Å². The maximum atomic E-state index is 11.5. The van der Waals surface area contributed by atoms with Crippen molar-refractivity contribution >= 4 is 5.97 Å². The van der Waals surface area contributed by atoms with Crippen molar-refractivity contribution < 1.29 is 35.1 Å². The number of ether oxygens (including phenoxy) is 1. The van der Waals surface area contributed by atoms with E-state index in [-0.39, 0.29) is 0 Å². The molecule has 0 spiro atoms. The smallest absolute Gasteiger partial charge is 0.323 e. The summed E-state index contributed by atoms with van der Waals surface area (Å²) in [6, 6.07) is -0.853. The summed E-state index contributed by atoms with van der Waals surface area (Å²) in [4.78, 5) is 11.5. The molecular formula is C12H26N2O7. The number of unbranched alkanes of at least 4 members (excludes halogenated alkanes) is 1. The maximum absolute atomic E-state index is 11.5. The van der Waals surface area contributed by atoms with Gasteiger partial charge in [0, 0.05) is 0 Å². The normalized spacial score (nSPS) is 18.6. The zero-order chi connectivity index (χ0) is 16.4. The van der Waals surface area contributed by atoms with E-state index < -0.39 is 49.6 Å². The highest BCUT2D eigenvalue weighted by atomic mass is 16.5. The van der Waals surface area contributed by atoms with Crippen LogP contribution in [0.1, 0.15) is 19.3 Å². The van der Waals surface area contributed by atoms with E-state index in [0.717, 1.165) is 6.42 Å². The van der Waals surface area contributed by atoms with Crippen molar-refractivity contribution in [3.8, 4) is 0 Å². The van der Waals surface area contributed by atoms with E-state index in [9.17, 15) is 20.1 Å². The Morgan fingerprint density at radius 1 is 1.05 bits per heavy atom. The third-order valence-corrected chi connectivity index (χ3v) is 2.99. The Kier molecular flexibility index (Phi) is 10.4. The number of hydrogen-bond acceptors (Lipinski definition) is 9. The zero-order valence-electron chi connectivity index (χ0n) is 11.8. The molecule has 0 aliphatic carbocycles. The van der Waals surface area contributed by atoms with Gasteiger partial charge in [-0.2, -0.15) is 0 Å². The van der Waals surface area contributed by atoms with Crippen LogP contribution >= 0.6 is 0 Å². The molecular weight excluding hydrogens is 284 g/mol. The molecule has 0 aromatic rings. The molecule has 9 N–H and O–H groups in total. The minimum atomic E-state index is -1.77. The Labute approximate surface area is 123 Å². The standard InChI is InChI=1S/C12H26N2O7/c13-4-2-1-3-7(14)12(20)21-6-9(17)11(19)10(18)8(16)5-15/h7-11,15-19H,1-6,13-14H2/t7-,8?,9?,10?,11?/m0/s1. The largest absolute Gasteiger partial charge is 0.462 e. The monoisotopic (exact) mass is 310 g/mol. The quantitative estimate of drug-likeness (QED) is 0.150. The average molecular weight is 310 g/mol. The average Bonchev–Trinajstić information content (AvgIpc) is 2.49. The van der Waals surface area contributed by atoms with Crippen LogP contribution in [-0.2, 0) is 9.53 Å². The van der Waals surface area contributed by atoms with Gasteiger partial charge in [0.2, 0.25) is 0 Å². The molecule has 0 saturated heterocycles. The van der Waals surface area contributed by atoms with Gasteiger partial charge in [-0.3, -0.25) is 4.79 Å². The van der Waals surface area contributed by atoms with Crippen molar-refractivity contribution in [1.82, 2.24) is 0 Å². The Bertz CT molecular complexity index is 293. The molecule has 9 nitrogen and oxygen atoms in total. The first kappa shape index (κ1) is 20.2. The molecule has 0 radical (unpaired) electrons. The fourth-order valence-electron chi connectivity index (χ4n) is 1.56. The van der Waals surface area contributed by atoms with E-state index in [1.165, 1.54) is 0 Å². The lowest BCUT2D eigenvalue weighted by Gasteiger charge is -2.25. The summed E-state index contributed by atoms with van der Waals surface area (Å²) in [7, 11) is 0. The number of carbonyl (C=O) groups excluding carboxylic acids is 1. The summed E-state index contributed by atoms with van der Waals surface area (Å²) in [5.74, 6) is -0.740. The Morgan fingerprint density at radius 3 is 2.14 bits per heavy atom. The van der Waals surface area contributed by atoms with Crippen molar-refractivity contribution in [2.45, 2.75) is 49.7 Å². The van der Waals surface area contributed by atoms with Crippen LogP contribution in [0.15, 0.2) is 0 Å².